The van der Waals surface area contributed by atoms with E-state index in [2.05, 4.69) is 16.9 Å². The number of anilines is 1. The summed E-state index contributed by atoms with van der Waals surface area (Å²) in [6.07, 6.45) is 3.22. The molecule has 1 aromatic carbocycles. The highest BCUT2D eigenvalue weighted by atomic mass is 16.3. The van der Waals surface area contributed by atoms with Gasteiger partial charge in [-0.05, 0) is 24.3 Å². The minimum Gasteiger partial charge on any atom is -0.459 e. The maximum absolute atomic E-state index is 12.0. The maximum Gasteiger partial charge on any atom is 0.293 e. The molecule has 0 unspecified atom stereocenters. The van der Waals surface area contributed by atoms with Crippen molar-refractivity contribution in [2.24, 2.45) is 0 Å². The van der Waals surface area contributed by atoms with Crippen molar-refractivity contribution in [3.05, 3.63) is 61.1 Å². The minimum absolute atomic E-state index is 0.252. The lowest BCUT2D eigenvalue weighted by molar-refractivity contribution is 0.0995. The van der Waals surface area contributed by atoms with Crippen LogP contribution in [0.15, 0.2) is 59.7 Å². The average Bonchev–Trinajstić information content (AvgIpc) is 3.08. The number of fused-ring (bicyclic) bond motifs is 1. The second kappa shape index (κ2) is 5.05. The van der Waals surface area contributed by atoms with Gasteiger partial charge in [-0.1, -0.05) is 18.2 Å². The third-order valence-electron chi connectivity index (χ3n) is 2.94. The fraction of sp³-hybridized carbons (Fsp3) is 0.0667. The number of carbonyl (C=O) groups is 1. The molecule has 100 valence electrons. The van der Waals surface area contributed by atoms with Crippen molar-refractivity contribution < 1.29 is 9.21 Å². The van der Waals surface area contributed by atoms with Crippen molar-refractivity contribution in [1.29, 1.82) is 0 Å². The summed E-state index contributed by atoms with van der Waals surface area (Å²) in [5, 5.41) is 2.76. The molecule has 3 aromatic rings. The van der Waals surface area contributed by atoms with Crippen molar-refractivity contribution in [2.75, 3.05) is 5.32 Å². The SMILES string of the molecule is C=CCn1c(NC(=O)c2ccco2)nc2ccccc21. The molecule has 0 aliphatic heterocycles. The molecule has 5 nitrogen and oxygen atoms in total. The molecule has 20 heavy (non-hydrogen) atoms. The zero-order valence-corrected chi connectivity index (χ0v) is 10.7. The number of amides is 1. The van der Waals surface area contributed by atoms with Gasteiger partial charge < -0.3 is 8.98 Å². The summed E-state index contributed by atoms with van der Waals surface area (Å²) in [4.78, 5) is 16.4. The van der Waals surface area contributed by atoms with Crippen LogP contribution in [0.2, 0.25) is 0 Å². The molecule has 2 heterocycles. The number of benzene rings is 1. The lowest BCUT2D eigenvalue weighted by Gasteiger charge is -2.06. The van der Waals surface area contributed by atoms with Gasteiger partial charge in [0.05, 0.1) is 17.3 Å². The van der Waals surface area contributed by atoms with Crippen LogP contribution in [-0.2, 0) is 6.54 Å². The normalized spacial score (nSPS) is 10.6. The molecular weight excluding hydrogens is 254 g/mol. The summed E-state index contributed by atoms with van der Waals surface area (Å²) < 4.78 is 6.96. The van der Waals surface area contributed by atoms with Gasteiger partial charge in [0.25, 0.3) is 5.91 Å². The van der Waals surface area contributed by atoms with Crippen LogP contribution >= 0.6 is 0 Å². The zero-order chi connectivity index (χ0) is 13.9. The lowest BCUT2D eigenvalue weighted by atomic mass is 10.3. The van der Waals surface area contributed by atoms with Crippen molar-refractivity contribution in [3.8, 4) is 0 Å². The van der Waals surface area contributed by atoms with Crippen molar-refractivity contribution in [2.45, 2.75) is 6.54 Å². The molecule has 1 N–H and O–H groups in total. The Morgan fingerprint density at radius 2 is 2.20 bits per heavy atom. The van der Waals surface area contributed by atoms with E-state index in [-0.39, 0.29) is 11.7 Å². The first kappa shape index (κ1) is 12.2. The summed E-state index contributed by atoms with van der Waals surface area (Å²) >= 11 is 0. The van der Waals surface area contributed by atoms with E-state index in [0.29, 0.717) is 12.5 Å². The van der Waals surface area contributed by atoms with E-state index in [9.17, 15) is 4.79 Å². The summed E-state index contributed by atoms with van der Waals surface area (Å²) in [7, 11) is 0. The van der Waals surface area contributed by atoms with Gasteiger partial charge in [-0.25, -0.2) is 4.98 Å². The van der Waals surface area contributed by atoms with Gasteiger partial charge in [0, 0.05) is 6.54 Å². The topological polar surface area (TPSA) is 60.1 Å². The molecule has 0 aliphatic carbocycles. The molecule has 0 fully saturated rings. The number of hydrogen-bond donors (Lipinski definition) is 1. The number of furan rings is 1. The molecule has 0 saturated heterocycles. The molecule has 0 radical (unpaired) electrons. The van der Waals surface area contributed by atoms with Crippen LogP contribution in [0.1, 0.15) is 10.6 Å². The van der Waals surface area contributed by atoms with Gasteiger partial charge in [0.1, 0.15) is 0 Å². The van der Waals surface area contributed by atoms with E-state index >= 15 is 0 Å². The Hall–Kier alpha value is -2.82. The maximum atomic E-state index is 12.0. The summed E-state index contributed by atoms with van der Waals surface area (Å²) in [5.74, 6) is 0.408. The first-order valence-electron chi connectivity index (χ1n) is 6.20. The summed E-state index contributed by atoms with van der Waals surface area (Å²) in [5.41, 5.74) is 1.77. The summed E-state index contributed by atoms with van der Waals surface area (Å²) in [6, 6.07) is 11.0. The Kier molecular flexibility index (Phi) is 3.09. The number of imidazole rings is 1. The molecule has 3 rings (SSSR count). The zero-order valence-electron chi connectivity index (χ0n) is 10.7. The van der Waals surface area contributed by atoms with Gasteiger partial charge in [0.15, 0.2) is 5.76 Å². The van der Waals surface area contributed by atoms with Crippen molar-refractivity contribution in [1.82, 2.24) is 9.55 Å². The van der Waals surface area contributed by atoms with Crippen LogP contribution in [0.25, 0.3) is 11.0 Å². The Bertz CT molecular complexity index is 757. The second-order valence-electron chi connectivity index (χ2n) is 4.25. The van der Waals surface area contributed by atoms with Crippen LogP contribution in [0.4, 0.5) is 5.95 Å². The van der Waals surface area contributed by atoms with Gasteiger partial charge >= 0.3 is 0 Å². The summed E-state index contributed by atoms with van der Waals surface area (Å²) in [6.45, 7) is 4.30. The molecule has 0 bridgehead atoms. The standard InChI is InChI=1S/C15H13N3O2/c1-2-9-18-12-7-4-3-6-11(12)16-15(18)17-14(19)13-8-5-10-20-13/h2-8,10H,1,9H2,(H,16,17,19). The molecule has 0 aliphatic rings. The van der Waals surface area contributed by atoms with E-state index < -0.39 is 0 Å². The Balaban J connectivity index is 2.00. The van der Waals surface area contributed by atoms with Gasteiger partial charge in [-0.2, -0.15) is 0 Å². The predicted molar refractivity (Wildman–Crippen MR) is 76.6 cm³/mol. The van der Waals surface area contributed by atoms with E-state index in [1.54, 1.807) is 18.2 Å². The monoisotopic (exact) mass is 267 g/mol. The van der Waals surface area contributed by atoms with E-state index in [1.165, 1.54) is 6.26 Å². The largest absolute Gasteiger partial charge is 0.459 e. The van der Waals surface area contributed by atoms with Crippen molar-refractivity contribution >= 4 is 22.9 Å². The molecule has 1 amide bonds. The van der Waals surface area contributed by atoms with Crippen LogP contribution in [0.5, 0.6) is 0 Å². The van der Waals surface area contributed by atoms with Gasteiger partial charge in [-0.3, -0.25) is 10.1 Å². The average molecular weight is 267 g/mol. The minimum atomic E-state index is -0.324. The highest BCUT2D eigenvalue weighted by Gasteiger charge is 2.14. The fourth-order valence-corrected chi connectivity index (χ4v) is 2.06. The molecular formula is C15H13N3O2. The highest BCUT2D eigenvalue weighted by Crippen LogP contribution is 2.20. The van der Waals surface area contributed by atoms with Crippen LogP contribution in [0.3, 0.4) is 0 Å². The molecule has 0 spiro atoms. The first-order valence-corrected chi connectivity index (χ1v) is 6.20. The number of para-hydroxylation sites is 2. The van der Waals surface area contributed by atoms with Gasteiger partial charge in [-0.15, -0.1) is 6.58 Å². The lowest BCUT2D eigenvalue weighted by Crippen LogP contribution is -2.15. The van der Waals surface area contributed by atoms with E-state index in [0.717, 1.165) is 11.0 Å². The molecule has 0 atom stereocenters. The molecule has 5 heteroatoms. The predicted octanol–water partition coefficient (Wildman–Crippen LogP) is 3.07. The van der Waals surface area contributed by atoms with Crippen LogP contribution < -0.4 is 5.32 Å². The third-order valence-corrected chi connectivity index (χ3v) is 2.94. The Labute approximate surface area is 115 Å². The smallest absolute Gasteiger partial charge is 0.293 e. The fourth-order valence-electron chi connectivity index (χ4n) is 2.06. The van der Waals surface area contributed by atoms with E-state index in [1.807, 2.05) is 28.8 Å². The van der Waals surface area contributed by atoms with Crippen LogP contribution in [0, 0.1) is 0 Å². The second-order valence-corrected chi connectivity index (χ2v) is 4.25. The van der Waals surface area contributed by atoms with Crippen molar-refractivity contribution in [3.63, 3.8) is 0 Å². The number of nitrogens with one attached hydrogen (secondary N) is 1. The molecule has 2 aromatic heterocycles. The number of nitrogens with zero attached hydrogens (tertiary/aromatic N) is 2. The third kappa shape index (κ3) is 2.09. The number of aromatic nitrogens is 2. The highest BCUT2D eigenvalue weighted by molar-refractivity contribution is 6.02. The number of hydrogen-bond acceptors (Lipinski definition) is 3. The number of allylic oxidation sites excluding steroid dienone is 1. The Morgan fingerprint density at radius 1 is 1.35 bits per heavy atom. The van der Waals surface area contributed by atoms with Gasteiger partial charge in [0.2, 0.25) is 5.95 Å². The van der Waals surface area contributed by atoms with Crippen LogP contribution in [-0.4, -0.2) is 15.5 Å². The molecule has 0 saturated carbocycles. The first-order chi connectivity index (χ1) is 9.79. The number of carbonyl (C=O) groups excluding carboxylic acids is 1. The van der Waals surface area contributed by atoms with E-state index in [4.69, 9.17) is 4.42 Å². The number of rotatable bonds is 4. The quantitative estimate of drug-likeness (QED) is 0.739. The Morgan fingerprint density at radius 3 is 2.95 bits per heavy atom.